The van der Waals surface area contributed by atoms with E-state index in [-0.39, 0.29) is 6.10 Å². The van der Waals surface area contributed by atoms with Gasteiger partial charge >= 0.3 is 0 Å². The van der Waals surface area contributed by atoms with Gasteiger partial charge in [0.2, 0.25) is 0 Å². The summed E-state index contributed by atoms with van der Waals surface area (Å²) in [5, 5.41) is 13.5. The van der Waals surface area contributed by atoms with Crippen LogP contribution in [0.25, 0.3) is 0 Å². The molecule has 18 heavy (non-hydrogen) atoms. The Balaban J connectivity index is 1.29. The first kappa shape index (κ1) is 12.9. The second-order valence-electron chi connectivity index (χ2n) is 6.75. The fraction of sp³-hybridized carbons (Fsp3) is 1.00. The number of aliphatic hydroxyl groups excluding tert-OH is 1. The maximum absolute atomic E-state index is 10.0. The predicted octanol–water partition coefficient (Wildman–Crippen LogP) is 1.47. The van der Waals surface area contributed by atoms with E-state index in [0.29, 0.717) is 0 Å². The Morgan fingerprint density at radius 1 is 1.17 bits per heavy atom. The molecule has 104 valence electrons. The molecule has 3 nitrogen and oxygen atoms in total. The largest absolute Gasteiger partial charge is 0.390 e. The third-order valence-corrected chi connectivity index (χ3v) is 5.34. The Morgan fingerprint density at radius 3 is 2.67 bits per heavy atom. The lowest BCUT2D eigenvalue weighted by molar-refractivity contribution is 0.121. The minimum atomic E-state index is -0.179. The smallest absolute Gasteiger partial charge is 0.0791 e. The van der Waals surface area contributed by atoms with Crippen LogP contribution in [-0.4, -0.2) is 48.8 Å². The van der Waals surface area contributed by atoms with E-state index in [1.807, 2.05) is 0 Å². The zero-order valence-corrected chi connectivity index (χ0v) is 11.5. The van der Waals surface area contributed by atoms with E-state index in [1.54, 1.807) is 0 Å². The highest BCUT2D eigenvalue weighted by atomic mass is 16.3. The van der Waals surface area contributed by atoms with E-state index in [4.69, 9.17) is 0 Å². The minimum absolute atomic E-state index is 0.179. The van der Waals surface area contributed by atoms with Gasteiger partial charge in [0.1, 0.15) is 0 Å². The Hall–Kier alpha value is -0.120. The molecule has 0 aromatic heterocycles. The molecule has 3 aliphatic rings. The lowest BCUT2D eigenvalue weighted by Crippen LogP contribution is -2.39. The lowest BCUT2D eigenvalue weighted by Gasteiger charge is -2.24. The van der Waals surface area contributed by atoms with Gasteiger partial charge in [0.15, 0.2) is 0 Å². The van der Waals surface area contributed by atoms with Crippen molar-refractivity contribution >= 4 is 0 Å². The summed E-state index contributed by atoms with van der Waals surface area (Å²) in [6, 6.07) is 0. The van der Waals surface area contributed by atoms with E-state index in [9.17, 15) is 5.11 Å². The van der Waals surface area contributed by atoms with Crippen LogP contribution in [0.5, 0.6) is 0 Å². The minimum Gasteiger partial charge on any atom is -0.390 e. The van der Waals surface area contributed by atoms with E-state index in [0.717, 1.165) is 37.4 Å². The van der Waals surface area contributed by atoms with Crippen LogP contribution in [0.1, 0.15) is 38.5 Å². The van der Waals surface area contributed by atoms with Gasteiger partial charge in [-0.05, 0) is 69.5 Å². The third kappa shape index (κ3) is 3.06. The van der Waals surface area contributed by atoms with Gasteiger partial charge in [-0.25, -0.2) is 0 Å². The van der Waals surface area contributed by atoms with Crippen molar-refractivity contribution in [3.63, 3.8) is 0 Å². The van der Waals surface area contributed by atoms with Gasteiger partial charge in [-0.2, -0.15) is 0 Å². The molecule has 0 amide bonds. The quantitative estimate of drug-likeness (QED) is 0.751. The van der Waals surface area contributed by atoms with Crippen molar-refractivity contribution in [2.75, 3.05) is 32.7 Å². The fourth-order valence-corrected chi connectivity index (χ4v) is 4.39. The number of aliphatic hydroxyl groups is 1. The molecule has 1 aliphatic heterocycles. The van der Waals surface area contributed by atoms with Gasteiger partial charge in [0, 0.05) is 13.1 Å². The molecule has 2 aliphatic carbocycles. The van der Waals surface area contributed by atoms with Crippen molar-refractivity contribution in [3.8, 4) is 0 Å². The van der Waals surface area contributed by atoms with E-state index in [2.05, 4.69) is 10.2 Å². The molecular formula is C15H28N2O. The first-order valence-electron chi connectivity index (χ1n) is 7.92. The molecule has 3 heteroatoms. The van der Waals surface area contributed by atoms with Crippen molar-refractivity contribution in [3.05, 3.63) is 0 Å². The average molecular weight is 252 g/mol. The summed E-state index contributed by atoms with van der Waals surface area (Å²) >= 11 is 0. The molecule has 3 rings (SSSR count). The normalized spacial score (nSPS) is 37.5. The molecule has 2 saturated carbocycles. The monoisotopic (exact) mass is 252 g/mol. The topological polar surface area (TPSA) is 35.5 Å². The van der Waals surface area contributed by atoms with Gasteiger partial charge in [0.05, 0.1) is 6.10 Å². The summed E-state index contributed by atoms with van der Waals surface area (Å²) in [7, 11) is 0. The predicted molar refractivity (Wildman–Crippen MR) is 73.5 cm³/mol. The van der Waals surface area contributed by atoms with Gasteiger partial charge in [-0.15, -0.1) is 0 Å². The van der Waals surface area contributed by atoms with Gasteiger partial charge in [0.25, 0.3) is 0 Å². The number of nitrogens with zero attached hydrogens (tertiary/aromatic N) is 1. The Kier molecular flexibility index (Phi) is 4.22. The van der Waals surface area contributed by atoms with E-state index >= 15 is 0 Å². The van der Waals surface area contributed by atoms with Gasteiger partial charge in [-0.1, -0.05) is 6.42 Å². The van der Waals surface area contributed by atoms with Crippen molar-refractivity contribution in [1.82, 2.24) is 10.2 Å². The molecule has 4 atom stereocenters. The molecule has 2 N–H and O–H groups in total. The molecule has 1 saturated heterocycles. The first-order valence-corrected chi connectivity index (χ1v) is 7.92. The van der Waals surface area contributed by atoms with Crippen molar-refractivity contribution < 1.29 is 5.11 Å². The number of β-amino-alcohol motifs (C(OH)–C–C–N with tert-alkyl or cyclic N) is 1. The number of nitrogens with one attached hydrogen (secondary N) is 1. The molecule has 1 heterocycles. The van der Waals surface area contributed by atoms with Crippen molar-refractivity contribution in [2.45, 2.75) is 44.6 Å². The van der Waals surface area contributed by atoms with Crippen LogP contribution in [0.3, 0.4) is 0 Å². The zero-order chi connectivity index (χ0) is 12.4. The number of fused-ring (bicyclic) bond motifs is 2. The van der Waals surface area contributed by atoms with Crippen LogP contribution in [-0.2, 0) is 0 Å². The summed E-state index contributed by atoms with van der Waals surface area (Å²) < 4.78 is 0. The molecule has 3 fully saturated rings. The number of rotatable bonds is 6. The van der Waals surface area contributed by atoms with Crippen LogP contribution in [0.2, 0.25) is 0 Å². The Morgan fingerprint density at radius 2 is 2.00 bits per heavy atom. The molecule has 0 aromatic carbocycles. The van der Waals surface area contributed by atoms with Crippen molar-refractivity contribution in [2.24, 2.45) is 17.8 Å². The van der Waals surface area contributed by atoms with Crippen molar-refractivity contribution in [1.29, 1.82) is 0 Å². The zero-order valence-electron chi connectivity index (χ0n) is 11.5. The molecular weight excluding hydrogens is 224 g/mol. The van der Waals surface area contributed by atoms with Crippen LogP contribution in [0, 0.1) is 17.8 Å². The average Bonchev–Trinajstić information content (AvgIpc) is 3.04. The summed E-state index contributed by atoms with van der Waals surface area (Å²) in [6.07, 6.45) is 8.33. The third-order valence-electron chi connectivity index (χ3n) is 5.34. The Labute approximate surface area is 111 Å². The molecule has 0 spiro atoms. The highest BCUT2D eigenvalue weighted by Gasteiger charge is 2.38. The highest BCUT2D eigenvalue weighted by molar-refractivity contribution is 4.90. The van der Waals surface area contributed by atoms with Gasteiger partial charge < -0.3 is 15.3 Å². The molecule has 0 aromatic rings. The number of hydrogen-bond acceptors (Lipinski definition) is 3. The molecule has 4 unspecified atom stereocenters. The maximum atomic E-state index is 10.0. The van der Waals surface area contributed by atoms with Crippen LogP contribution >= 0.6 is 0 Å². The first-order chi connectivity index (χ1) is 8.81. The SMILES string of the molecule is OC(CNCC1CC2CCC1C2)CN1CCCC1. The maximum Gasteiger partial charge on any atom is 0.0791 e. The Bertz CT molecular complexity index is 265. The van der Waals surface area contributed by atoms with Crippen LogP contribution < -0.4 is 5.32 Å². The summed E-state index contributed by atoms with van der Waals surface area (Å²) in [5.74, 6) is 2.94. The van der Waals surface area contributed by atoms with Gasteiger partial charge in [-0.3, -0.25) is 0 Å². The van der Waals surface area contributed by atoms with E-state index in [1.165, 1.54) is 51.6 Å². The number of likely N-dealkylation sites (tertiary alicyclic amines) is 1. The molecule has 2 bridgehead atoms. The summed E-state index contributed by atoms with van der Waals surface area (Å²) in [4.78, 5) is 2.39. The van der Waals surface area contributed by atoms with Crippen LogP contribution in [0.4, 0.5) is 0 Å². The fourth-order valence-electron chi connectivity index (χ4n) is 4.39. The lowest BCUT2D eigenvalue weighted by atomic mass is 9.89. The molecule has 0 radical (unpaired) electrons. The van der Waals surface area contributed by atoms with Crippen LogP contribution in [0.15, 0.2) is 0 Å². The highest BCUT2D eigenvalue weighted by Crippen LogP contribution is 2.47. The second kappa shape index (κ2) is 5.89. The second-order valence-corrected chi connectivity index (χ2v) is 6.75. The standard InChI is InChI=1S/C15H28N2O/c18-15(11-17-5-1-2-6-17)10-16-9-14-8-12-3-4-13(14)7-12/h12-16,18H,1-11H2. The number of hydrogen-bond donors (Lipinski definition) is 2. The van der Waals surface area contributed by atoms with E-state index < -0.39 is 0 Å². The summed E-state index contributed by atoms with van der Waals surface area (Å²) in [6.45, 7) is 5.15. The summed E-state index contributed by atoms with van der Waals surface area (Å²) in [5.41, 5.74) is 0.